The Morgan fingerprint density at radius 1 is 1.13 bits per heavy atom. The molecule has 2 N–H and O–H groups in total. The topological polar surface area (TPSA) is 148 Å². The predicted molar refractivity (Wildman–Crippen MR) is 140 cm³/mol. The lowest BCUT2D eigenvalue weighted by Gasteiger charge is -2.28. The molecular weight excluding hydrogens is 515 g/mol. The monoisotopic (exact) mass is 554 g/mol. The van der Waals surface area contributed by atoms with Gasteiger partial charge >= 0.3 is 7.60 Å². The Morgan fingerprint density at radius 3 is 2.50 bits per heavy atom. The number of likely N-dealkylation sites (N-methyl/N-ethyl adjacent to an activating group) is 1. The number of fused-ring (bicyclic) bond motifs is 2. The summed E-state index contributed by atoms with van der Waals surface area (Å²) in [6.45, 7) is 12.3. The molecule has 0 radical (unpaired) electrons. The molecule has 14 heteroatoms. The minimum absolute atomic E-state index is 0.0906. The van der Waals surface area contributed by atoms with Crippen molar-refractivity contribution in [2.75, 3.05) is 38.2 Å². The molecule has 5 atom stereocenters. The van der Waals surface area contributed by atoms with Crippen LogP contribution in [0.15, 0.2) is 12.7 Å². The number of carbonyl (C=O) groups excluding carboxylic acids is 1. The van der Waals surface area contributed by atoms with Crippen molar-refractivity contribution in [1.29, 1.82) is 0 Å². The van der Waals surface area contributed by atoms with Crippen LogP contribution in [0, 0.1) is 5.92 Å². The van der Waals surface area contributed by atoms with E-state index in [1.165, 1.54) is 6.33 Å². The molecule has 4 rings (SSSR count). The van der Waals surface area contributed by atoms with Gasteiger partial charge in [0.05, 0.1) is 38.3 Å². The second-order valence-corrected chi connectivity index (χ2v) is 11.7. The lowest BCUT2D eigenvalue weighted by Crippen LogP contribution is -2.39. The van der Waals surface area contributed by atoms with Crippen molar-refractivity contribution in [2.45, 2.75) is 77.8 Å². The third-order valence-electron chi connectivity index (χ3n) is 6.56. The zero-order valence-electron chi connectivity index (χ0n) is 22.9. The first kappa shape index (κ1) is 28.8. The average molecular weight is 555 g/mol. The Labute approximate surface area is 222 Å². The smallest absolute Gasteiger partial charge is 0.368 e. The van der Waals surface area contributed by atoms with E-state index in [1.807, 2.05) is 25.3 Å². The van der Waals surface area contributed by atoms with E-state index in [9.17, 15) is 9.36 Å². The minimum atomic E-state index is -3.88. The molecule has 1 amide bonds. The summed E-state index contributed by atoms with van der Waals surface area (Å²) in [7, 11) is -3.88. The maximum atomic E-state index is 13.5. The minimum Gasteiger partial charge on any atom is -0.368 e. The number of aromatic nitrogens is 4. The zero-order chi connectivity index (χ0) is 27.5. The molecule has 212 valence electrons. The average Bonchev–Trinajstić information content (AvgIpc) is 3.51. The third-order valence-corrected chi connectivity index (χ3v) is 8.75. The standard InChI is InChI=1S/C24H39N6O7P/c1-7-25-20-17-21(28-13-27-20)30(14-29-17)16-11-15(18-19(16)37-24(5,6)36-18)12-33-23(22(31)26-8-2)38(32,34-9-3)35-10-4/h13-16,18-19,23H,7-12H2,1-6H3,(H,26,31)(H,25,27,28)/t15-,16-,18-,19+,23?/m1/s1. The summed E-state index contributed by atoms with van der Waals surface area (Å²) >= 11 is 0. The first-order valence-electron chi connectivity index (χ1n) is 13.2. The van der Waals surface area contributed by atoms with Gasteiger partial charge in [-0.15, -0.1) is 0 Å². The Balaban J connectivity index is 1.61. The number of amides is 1. The third kappa shape index (κ3) is 5.73. The van der Waals surface area contributed by atoms with E-state index in [0.29, 0.717) is 36.5 Å². The molecule has 0 spiro atoms. The van der Waals surface area contributed by atoms with Crippen LogP contribution in [0.5, 0.6) is 0 Å². The van der Waals surface area contributed by atoms with Crippen LogP contribution >= 0.6 is 7.60 Å². The number of anilines is 1. The number of nitrogens with one attached hydrogen (secondary N) is 2. The van der Waals surface area contributed by atoms with Crippen molar-refractivity contribution < 1.29 is 32.6 Å². The van der Waals surface area contributed by atoms with Gasteiger partial charge in [0.1, 0.15) is 17.9 Å². The van der Waals surface area contributed by atoms with Crippen molar-refractivity contribution in [3.05, 3.63) is 12.7 Å². The van der Waals surface area contributed by atoms with Crippen LogP contribution in [0.1, 0.15) is 54.0 Å². The van der Waals surface area contributed by atoms with E-state index in [1.54, 1.807) is 27.1 Å². The highest BCUT2D eigenvalue weighted by atomic mass is 31.2. The van der Waals surface area contributed by atoms with Crippen LogP contribution in [-0.4, -0.2) is 82.2 Å². The molecule has 2 fully saturated rings. The molecule has 1 aliphatic heterocycles. The summed E-state index contributed by atoms with van der Waals surface area (Å²) < 4.78 is 45.1. The Kier molecular flexibility index (Phi) is 9.06. The summed E-state index contributed by atoms with van der Waals surface area (Å²) in [4.78, 5) is 26.3. The fourth-order valence-corrected chi connectivity index (χ4v) is 6.92. The molecule has 3 heterocycles. The number of rotatable bonds is 13. The van der Waals surface area contributed by atoms with E-state index in [4.69, 9.17) is 23.3 Å². The van der Waals surface area contributed by atoms with Gasteiger partial charge in [0.2, 0.25) is 5.85 Å². The highest BCUT2D eigenvalue weighted by Crippen LogP contribution is 2.54. The van der Waals surface area contributed by atoms with Crippen molar-refractivity contribution in [3.63, 3.8) is 0 Å². The maximum Gasteiger partial charge on any atom is 0.368 e. The number of carbonyl (C=O) groups is 1. The molecule has 1 aliphatic carbocycles. The van der Waals surface area contributed by atoms with Crippen molar-refractivity contribution in [1.82, 2.24) is 24.8 Å². The van der Waals surface area contributed by atoms with Crippen LogP contribution < -0.4 is 10.6 Å². The van der Waals surface area contributed by atoms with Gasteiger partial charge in [-0.2, -0.15) is 0 Å². The van der Waals surface area contributed by atoms with E-state index < -0.39 is 25.1 Å². The van der Waals surface area contributed by atoms with E-state index in [-0.39, 0.29) is 44.0 Å². The lowest BCUT2D eigenvalue weighted by molar-refractivity contribution is -0.163. The van der Waals surface area contributed by atoms with Crippen molar-refractivity contribution in [3.8, 4) is 0 Å². The summed E-state index contributed by atoms with van der Waals surface area (Å²) in [5.41, 5.74) is 1.36. The molecule has 1 saturated carbocycles. The number of ether oxygens (including phenoxy) is 3. The molecule has 1 saturated heterocycles. The second-order valence-electron chi connectivity index (χ2n) is 9.66. The summed E-state index contributed by atoms with van der Waals surface area (Å²) in [5.74, 6) is -2.26. The largest absolute Gasteiger partial charge is 0.368 e. The molecular formula is C24H39N6O7P. The summed E-state index contributed by atoms with van der Waals surface area (Å²) in [6, 6.07) is -0.154. The van der Waals surface area contributed by atoms with Crippen molar-refractivity contribution >= 4 is 30.5 Å². The normalized spacial score (nSPS) is 25.4. The van der Waals surface area contributed by atoms with Gasteiger partial charge in [-0.25, -0.2) is 15.0 Å². The van der Waals surface area contributed by atoms with Gasteiger partial charge in [0.25, 0.3) is 5.91 Å². The fourth-order valence-electron chi connectivity index (χ4n) is 5.20. The van der Waals surface area contributed by atoms with E-state index in [2.05, 4.69) is 25.6 Å². The molecule has 0 aromatic carbocycles. The molecule has 13 nitrogen and oxygen atoms in total. The zero-order valence-corrected chi connectivity index (χ0v) is 23.8. The van der Waals surface area contributed by atoms with Gasteiger partial charge < -0.3 is 38.5 Å². The highest BCUT2D eigenvalue weighted by molar-refractivity contribution is 7.55. The SMILES string of the molecule is CCNC(=O)C(OC[C@H]1C[C@@H](n2cnc3c(NCC)ncnc32)[C@@H]2OC(C)(C)O[C@H]12)P(=O)(OCC)OCC. The van der Waals surface area contributed by atoms with E-state index in [0.717, 1.165) is 0 Å². The predicted octanol–water partition coefficient (Wildman–Crippen LogP) is 3.08. The van der Waals surface area contributed by atoms with Crippen LogP contribution in [-0.2, 0) is 32.6 Å². The van der Waals surface area contributed by atoms with Crippen LogP contribution in [0.2, 0.25) is 0 Å². The van der Waals surface area contributed by atoms with Crippen LogP contribution in [0.4, 0.5) is 5.82 Å². The molecule has 1 unspecified atom stereocenters. The van der Waals surface area contributed by atoms with Gasteiger partial charge in [0.15, 0.2) is 17.3 Å². The summed E-state index contributed by atoms with van der Waals surface area (Å²) in [5, 5.41) is 5.91. The highest BCUT2D eigenvalue weighted by Gasteiger charge is 2.55. The fraction of sp³-hybridized carbons (Fsp3) is 0.750. The van der Waals surface area contributed by atoms with Gasteiger partial charge in [-0.05, 0) is 48.0 Å². The number of hydrogen-bond donors (Lipinski definition) is 2. The van der Waals surface area contributed by atoms with Gasteiger partial charge in [-0.3, -0.25) is 9.36 Å². The quantitative estimate of drug-likeness (QED) is 0.352. The van der Waals surface area contributed by atoms with Crippen molar-refractivity contribution in [2.24, 2.45) is 5.92 Å². The molecule has 0 bridgehead atoms. The molecule has 2 aromatic rings. The molecule has 2 aliphatic rings. The lowest BCUT2D eigenvalue weighted by atomic mass is 10.1. The Hall–Kier alpha value is -2.15. The Morgan fingerprint density at radius 2 is 1.84 bits per heavy atom. The van der Waals surface area contributed by atoms with Gasteiger partial charge in [-0.1, -0.05) is 0 Å². The number of hydrogen-bond acceptors (Lipinski definition) is 11. The number of imidazole rings is 1. The maximum absolute atomic E-state index is 13.5. The number of nitrogens with zero attached hydrogens (tertiary/aromatic N) is 4. The second kappa shape index (κ2) is 11.9. The molecule has 38 heavy (non-hydrogen) atoms. The summed E-state index contributed by atoms with van der Waals surface area (Å²) in [6.07, 6.45) is 3.23. The first-order valence-corrected chi connectivity index (χ1v) is 14.8. The molecule has 2 aromatic heterocycles. The van der Waals surface area contributed by atoms with Gasteiger partial charge in [0, 0.05) is 19.0 Å². The first-order chi connectivity index (χ1) is 18.2. The Bertz CT molecular complexity index is 1150. The van der Waals surface area contributed by atoms with Crippen LogP contribution in [0.25, 0.3) is 11.2 Å². The van der Waals surface area contributed by atoms with Crippen LogP contribution in [0.3, 0.4) is 0 Å². The van der Waals surface area contributed by atoms with E-state index >= 15 is 0 Å².